The van der Waals surface area contributed by atoms with Gasteiger partial charge in [0.05, 0.1) is 32.6 Å². The zero-order valence-corrected chi connectivity index (χ0v) is 27.6. The molecule has 0 bridgehead atoms. The highest BCUT2D eigenvalue weighted by Gasteiger charge is 2.34. The van der Waals surface area contributed by atoms with Crippen LogP contribution in [-0.4, -0.2) is 66.2 Å². The summed E-state index contributed by atoms with van der Waals surface area (Å²) in [6, 6.07) is 8.43. The van der Waals surface area contributed by atoms with E-state index in [4.69, 9.17) is 15.7 Å². The average molecular weight is 631 g/mol. The van der Waals surface area contributed by atoms with Crippen LogP contribution < -0.4 is 10.6 Å². The molecular weight excluding hydrogens is 594 g/mol. The van der Waals surface area contributed by atoms with Gasteiger partial charge in [0.25, 0.3) is 0 Å². The summed E-state index contributed by atoms with van der Waals surface area (Å²) in [5.74, 6) is -1.40. The molecule has 11 heteroatoms. The summed E-state index contributed by atoms with van der Waals surface area (Å²) < 4.78 is 33.5. The van der Waals surface area contributed by atoms with Gasteiger partial charge in [-0.05, 0) is 67.2 Å². The lowest BCUT2D eigenvalue weighted by Gasteiger charge is -2.45. The lowest BCUT2D eigenvalue weighted by Crippen LogP contribution is -2.58. The normalized spacial score (nSPS) is 16.6. The Kier molecular flexibility index (Phi) is 9.57. The quantitative estimate of drug-likeness (QED) is 0.179. The largest absolute Gasteiger partial charge is 0.354 e. The maximum absolute atomic E-state index is 16.4. The second-order valence-corrected chi connectivity index (χ2v) is 12.7. The van der Waals surface area contributed by atoms with Crippen molar-refractivity contribution in [3.63, 3.8) is 0 Å². The van der Waals surface area contributed by atoms with Crippen molar-refractivity contribution in [1.82, 2.24) is 19.4 Å². The van der Waals surface area contributed by atoms with Crippen LogP contribution in [0, 0.1) is 11.6 Å². The van der Waals surface area contributed by atoms with Gasteiger partial charge in [0.15, 0.2) is 0 Å². The third-order valence-electron chi connectivity index (χ3n) is 8.62. The van der Waals surface area contributed by atoms with Crippen molar-refractivity contribution >= 4 is 44.4 Å². The molecule has 0 unspecified atom stereocenters. The van der Waals surface area contributed by atoms with Crippen LogP contribution >= 0.6 is 0 Å². The van der Waals surface area contributed by atoms with E-state index in [0.29, 0.717) is 35.4 Å². The number of carbonyl (C=O) groups is 1. The van der Waals surface area contributed by atoms with Crippen LogP contribution in [0.5, 0.6) is 0 Å². The Balaban J connectivity index is 1.91. The molecule has 1 fully saturated rings. The van der Waals surface area contributed by atoms with Crippen molar-refractivity contribution in [3.8, 4) is 16.8 Å². The molecule has 47 heavy (non-hydrogen) atoms. The van der Waals surface area contributed by atoms with E-state index in [9.17, 15) is 9.59 Å². The number of pyridine rings is 1. The Morgan fingerprint density at radius 2 is 1.70 bits per heavy atom. The molecular formula is C36H37B2F2N5O2. The Labute approximate surface area is 276 Å². The molecule has 2 atom stereocenters. The number of rotatable bonds is 7. The smallest absolute Gasteiger partial charge is 0.347 e. The highest BCUT2D eigenvalue weighted by Crippen LogP contribution is 2.39. The first-order chi connectivity index (χ1) is 22.2. The topological polar surface area (TPSA) is 71.3 Å². The molecule has 3 heterocycles. The van der Waals surface area contributed by atoms with Gasteiger partial charge in [0, 0.05) is 47.9 Å². The fourth-order valence-electron chi connectivity index (χ4n) is 6.63. The van der Waals surface area contributed by atoms with Crippen molar-refractivity contribution in [2.75, 3.05) is 18.0 Å². The SMILES string of the molecule is [B]C([B])=Cc1cccc(F)c1-c1cc2c(cc1F)c(N1[C@@H](C)CN(C(=O)C=C)C[C@@H]1C)nc(=O)n2-c1c(C(C)C)ccnc1C(C)C. The lowest BCUT2D eigenvalue weighted by atomic mass is 9.77. The van der Waals surface area contributed by atoms with Gasteiger partial charge in [-0.25, -0.2) is 13.6 Å². The number of anilines is 1. The van der Waals surface area contributed by atoms with Crippen LogP contribution in [0.3, 0.4) is 0 Å². The minimum Gasteiger partial charge on any atom is -0.347 e. The van der Waals surface area contributed by atoms with Crippen molar-refractivity contribution in [3.05, 3.63) is 99.6 Å². The minimum absolute atomic E-state index is 0.00148. The standard InChI is InChI=1S/C36H37B2F2N5O2/c1-8-31(46)43-17-21(6)44(22(7)18-43)35-26-15-28(40)25(32-23(14-30(37)38)10-9-11-27(32)39)16-29(26)45(36(47)42-35)34-24(19(2)3)12-13-41-33(34)20(4)5/h8-16,19-22H,1,17-18H2,2-7H3/t21-,22-/m0/s1. The maximum atomic E-state index is 16.4. The summed E-state index contributed by atoms with van der Waals surface area (Å²) >= 11 is 0. The second-order valence-electron chi connectivity index (χ2n) is 12.7. The van der Waals surface area contributed by atoms with Crippen LogP contribution in [0.4, 0.5) is 14.6 Å². The van der Waals surface area contributed by atoms with Crippen LogP contribution in [0.15, 0.2) is 65.4 Å². The van der Waals surface area contributed by atoms with Crippen LogP contribution in [-0.2, 0) is 4.79 Å². The lowest BCUT2D eigenvalue weighted by molar-refractivity contribution is -0.127. The summed E-state index contributed by atoms with van der Waals surface area (Å²) in [7, 11) is 11.5. The number of benzene rings is 2. The molecule has 0 N–H and O–H groups in total. The summed E-state index contributed by atoms with van der Waals surface area (Å²) in [5.41, 5.74) is 1.99. The molecule has 0 aliphatic carbocycles. The number of nitrogens with zero attached hydrogens (tertiary/aromatic N) is 5. The summed E-state index contributed by atoms with van der Waals surface area (Å²) in [6.07, 6.45) is 4.37. The van der Waals surface area contributed by atoms with Gasteiger partial charge in [-0.1, -0.05) is 52.5 Å². The van der Waals surface area contributed by atoms with Gasteiger partial charge >= 0.3 is 5.69 Å². The number of hydrogen-bond acceptors (Lipinski definition) is 5. The van der Waals surface area contributed by atoms with Gasteiger partial charge in [-0.15, -0.1) is 0 Å². The summed E-state index contributed by atoms with van der Waals surface area (Å²) in [5, 5.41) is 0.282. The predicted molar refractivity (Wildman–Crippen MR) is 186 cm³/mol. The summed E-state index contributed by atoms with van der Waals surface area (Å²) in [4.78, 5) is 39.8. The molecule has 4 aromatic rings. The highest BCUT2D eigenvalue weighted by molar-refractivity contribution is 6.50. The molecule has 1 saturated heterocycles. The summed E-state index contributed by atoms with van der Waals surface area (Å²) in [6.45, 7) is 16.2. The van der Waals surface area contributed by atoms with Crippen LogP contribution in [0.25, 0.3) is 33.8 Å². The van der Waals surface area contributed by atoms with E-state index < -0.39 is 17.3 Å². The third kappa shape index (κ3) is 6.27. The number of aromatic nitrogens is 3. The number of hydrogen-bond donors (Lipinski definition) is 0. The van der Waals surface area contributed by atoms with Crippen molar-refractivity contribution in [2.24, 2.45) is 0 Å². The van der Waals surface area contributed by atoms with E-state index in [1.165, 1.54) is 41.0 Å². The fourth-order valence-corrected chi connectivity index (χ4v) is 6.63. The predicted octanol–water partition coefficient (Wildman–Crippen LogP) is 6.22. The van der Waals surface area contributed by atoms with E-state index in [1.54, 1.807) is 17.2 Å². The molecule has 0 saturated carbocycles. The van der Waals surface area contributed by atoms with Crippen LogP contribution in [0.2, 0.25) is 0 Å². The molecule has 2 aromatic heterocycles. The Hall–Kier alpha value is -4.53. The number of carbonyl (C=O) groups excluding carboxylic acids is 1. The van der Waals surface area contributed by atoms with Crippen molar-refractivity contribution < 1.29 is 13.6 Å². The first kappa shape index (κ1) is 33.8. The van der Waals surface area contributed by atoms with E-state index in [-0.39, 0.29) is 57.7 Å². The second kappa shape index (κ2) is 13.3. The van der Waals surface area contributed by atoms with E-state index in [0.717, 1.165) is 5.56 Å². The Morgan fingerprint density at radius 3 is 2.30 bits per heavy atom. The molecule has 4 radical (unpaired) electrons. The zero-order chi connectivity index (χ0) is 34.3. The monoisotopic (exact) mass is 631 g/mol. The van der Waals surface area contributed by atoms with E-state index >= 15 is 8.78 Å². The zero-order valence-electron chi connectivity index (χ0n) is 27.6. The molecule has 1 aliphatic heterocycles. The number of fused-ring (bicyclic) bond motifs is 1. The number of amides is 1. The molecule has 7 nitrogen and oxygen atoms in total. The molecule has 1 aliphatic rings. The maximum Gasteiger partial charge on any atom is 0.354 e. The van der Waals surface area contributed by atoms with E-state index in [2.05, 4.69) is 16.5 Å². The van der Waals surface area contributed by atoms with E-state index in [1.807, 2.05) is 52.5 Å². The fraction of sp³-hybridized carbons (Fsp3) is 0.333. The van der Waals surface area contributed by atoms with Crippen molar-refractivity contribution in [2.45, 2.75) is 65.5 Å². The van der Waals surface area contributed by atoms with Gasteiger partial charge in [-0.2, -0.15) is 10.4 Å². The highest BCUT2D eigenvalue weighted by atomic mass is 19.1. The number of piperazine rings is 1. The molecule has 0 spiro atoms. The molecule has 5 rings (SSSR count). The van der Waals surface area contributed by atoms with Crippen molar-refractivity contribution in [1.29, 1.82) is 0 Å². The number of halogens is 2. The first-order valence-corrected chi connectivity index (χ1v) is 15.7. The van der Waals surface area contributed by atoms with Gasteiger partial charge in [0.1, 0.15) is 17.5 Å². The Morgan fingerprint density at radius 1 is 1.02 bits per heavy atom. The molecule has 2 aromatic carbocycles. The third-order valence-corrected chi connectivity index (χ3v) is 8.62. The van der Waals surface area contributed by atoms with Gasteiger partial charge < -0.3 is 9.80 Å². The minimum atomic E-state index is -0.721. The molecule has 1 amide bonds. The Bertz CT molecular complexity index is 1930. The molecule has 238 valence electrons. The first-order valence-electron chi connectivity index (χ1n) is 15.7. The average Bonchev–Trinajstić information content (AvgIpc) is 3.00. The van der Waals surface area contributed by atoms with Gasteiger partial charge in [0.2, 0.25) is 5.91 Å². The van der Waals surface area contributed by atoms with Gasteiger partial charge in [-0.3, -0.25) is 14.3 Å². The van der Waals surface area contributed by atoms with Crippen LogP contribution in [0.1, 0.15) is 70.2 Å².